The van der Waals surface area contributed by atoms with Crippen LogP contribution >= 0.6 is 11.3 Å². The fourth-order valence-electron chi connectivity index (χ4n) is 1.89. The van der Waals surface area contributed by atoms with Gasteiger partial charge in [0.2, 0.25) is 5.91 Å². The molecular weight excluding hydrogens is 282 g/mol. The van der Waals surface area contributed by atoms with Crippen molar-refractivity contribution >= 4 is 22.4 Å². The Labute approximate surface area is 129 Å². The number of hydrogen-bond acceptors (Lipinski definition) is 4. The van der Waals surface area contributed by atoms with Gasteiger partial charge in [-0.3, -0.25) is 4.79 Å². The summed E-state index contributed by atoms with van der Waals surface area (Å²) in [4.78, 5) is 16.6. The Morgan fingerprint density at radius 1 is 1.33 bits per heavy atom. The fraction of sp³-hybridized carbons (Fsp3) is 0.375. The normalized spacial score (nSPS) is 13.0. The number of amides is 1. The number of benzene rings is 1. The molecule has 21 heavy (non-hydrogen) atoms. The van der Waals surface area contributed by atoms with E-state index in [1.165, 1.54) is 11.3 Å². The molecule has 0 fully saturated rings. The van der Waals surface area contributed by atoms with E-state index in [9.17, 15) is 4.79 Å². The predicted octanol–water partition coefficient (Wildman–Crippen LogP) is 3.43. The van der Waals surface area contributed by atoms with Crippen molar-refractivity contribution in [3.63, 3.8) is 0 Å². The SMILES string of the molecule is Cc1ccccc1-c1csc(NC(=O)[C@@H](N)C(C)(C)C)n1. The molecule has 3 N–H and O–H groups in total. The molecule has 4 nitrogen and oxygen atoms in total. The van der Waals surface area contributed by atoms with Crippen molar-refractivity contribution in [1.29, 1.82) is 0 Å². The zero-order chi connectivity index (χ0) is 15.6. The van der Waals surface area contributed by atoms with Crippen molar-refractivity contribution in [2.45, 2.75) is 33.7 Å². The molecule has 0 bridgehead atoms. The number of rotatable bonds is 3. The summed E-state index contributed by atoms with van der Waals surface area (Å²) in [7, 11) is 0. The number of anilines is 1. The lowest BCUT2D eigenvalue weighted by atomic mass is 9.87. The number of thiazole rings is 1. The first-order valence-electron chi connectivity index (χ1n) is 6.87. The Morgan fingerprint density at radius 2 is 2.00 bits per heavy atom. The van der Waals surface area contributed by atoms with Crippen LogP contribution in [0, 0.1) is 12.3 Å². The number of nitrogens with one attached hydrogen (secondary N) is 1. The maximum Gasteiger partial charge on any atom is 0.243 e. The van der Waals surface area contributed by atoms with E-state index in [0.717, 1.165) is 16.8 Å². The monoisotopic (exact) mass is 303 g/mol. The average Bonchev–Trinajstić information content (AvgIpc) is 2.85. The van der Waals surface area contributed by atoms with Crippen molar-refractivity contribution in [2.24, 2.45) is 11.1 Å². The summed E-state index contributed by atoms with van der Waals surface area (Å²) in [5.74, 6) is -0.201. The van der Waals surface area contributed by atoms with Crippen molar-refractivity contribution in [1.82, 2.24) is 4.98 Å². The predicted molar refractivity (Wildman–Crippen MR) is 88.3 cm³/mol. The van der Waals surface area contributed by atoms with E-state index >= 15 is 0 Å². The minimum atomic E-state index is -0.566. The standard InChI is InChI=1S/C16H21N3OS/c1-10-7-5-6-8-11(10)12-9-21-15(18-12)19-14(20)13(17)16(2,3)4/h5-9,13H,17H2,1-4H3,(H,18,19,20)/t13-/m1/s1. The van der Waals surface area contributed by atoms with E-state index in [0.29, 0.717) is 5.13 Å². The van der Waals surface area contributed by atoms with Crippen LogP contribution in [0.25, 0.3) is 11.3 Å². The largest absolute Gasteiger partial charge is 0.319 e. The molecule has 0 aliphatic heterocycles. The van der Waals surface area contributed by atoms with Gasteiger partial charge in [-0.05, 0) is 17.9 Å². The molecule has 0 spiro atoms. The molecule has 1 aromatic heterocycles. The lowest BCUT2D eigenvalue weighted by Gasteiger charge is -2.25. The molecule has 0 aliphatic carbocycles. The van der Waals surface area contributed by atoms with Gasteiger partial charge in [0.1, 0.15) is 0 Å². The van der Waals surface area contributed by atoms with Gasteiger partial charge in [0, 0.05) is 10.9 Å². The van der Waals surface area contributed by atoms with Crippen molar-refractivity contribution in [3.8, 4) is 11.3 Å². The van der Waals surface area contributed by atoms with E-state index in [-0.39, 0.29) is 11.3 Å². The van der Waals surface area contributed by atoms with Gasteiger partial charge in [0.25, 0.3) is 0 Å². The zero-order valence-electron chi connectivity index (χ0n) is 12.8. The summed E-state index contributed by atoms with van der Waals surface area (Å²) in [6.45, 7) is 7.87. The lowest BCUT2D eigenvalue weighted by molar-refractivity contribution is -0.119. The van der Waals surface area contributed by atoms with Gasteiger partial charge in [-0.1, -0.05) is 45.0 Å². The molecule has 2 aromatic rings. The number of carbonyl (C=O) groups excluding carboxylic acids is 1. The third-order valence-corrected chi connectivity index (χ3v) is 4.13. The van der Waals surface area contributed by atoms with Crippen LogP contribution < -0.4 is 11.1 Å². The summed E-state index contributed by atoms with van der Waals surface area (Å²) in [5, 5.41) is 5.33. The minimum absolute atomic E-state index is 0.201. The number of aromatic nitrogens is 1. The van der Waals surface area contributed by atoms with Crippen LogP contribution in [-0.4, -0.2) is 16.9 Å². The summed E-state index contributed by atoms with van der Waals surface area (Å²) < 4.78 is 0. The van der Waals surface area contributed by atoms with Crippen LogP contribution in [0.5, 0.6) is 0 Å². The Bertz CT molecular complexity index is 643. The first-order chi connectivity index (χ1) is 9.79. The first-order valence-corrected chi connectivity index (χ1v) is 7.75. The highest BCUT2D eigenvalue weighted by atomic mass is 32.1. The van der Waals surface area contributed by atoms with Gasteiger partial charge in [0.05, 0.1) is 11.7 Å². The molecule has 1 amide bonds. The quantitative estimate of drug-likeness (QED) is 0.912. The van der Waals surface area contributed by atoms with Crippen LogP contribution in [0.1, 0.15) is 26.3 Å². The second-order valence-corrected chi connectivity index (χ2v) is 7.04. The average molecular weight is 303 g/mol. The Hall–Kier alpha value is -1.72. The molecule has 1 atom stereocenters. The summed E-state index contributed by atoms with van der Waals surface area (Å²) in [5.41, 5.74) is 8.78. The first kappa shape index (κ1) is 15.7. The molecule has 0 aliphatic rings. The number of nitrogens with two attached hydrogens (primary N) is 1. The summed E-state index contributed by atoms with van der Waals surface area (Å²) in [6.07, 6.45) is 0. The van der Waals surface area contributed by atoms with E-state index in [1.807, 2.05) is 57.3 Å². The molecule has 112 valence electrons. The molecule has 0 radical (unpaired) electrons. The second kappa shape index (κ2) is 5.95. The van der Waals surface area contributed by atoms with Crippen molar-refractivity contribution < 1.29 is 4.79 Å². The zero-order valence-corrected chi connectivity index (χ0v) is 13.6. The van der Waals surface area contributed by atoms with Crippen LogP contribution in [0.3, 0.4) is 0 Å². The minimum Gasteiger partial charge on any atom is -0.319 e. The highest BCUT2D eigenvalue weighted by molar-refractivity contribution is 7.14. The number of carbonyl (C=O) groups is 1. The van der Waals surface area contributed by atoms with Gasteiger partial charge >= 0.3 is 0 Å². The molecule has 1 heterocycles. The second-order valence-electron chi connectivity index (χ2n) is 6.19. The van der Waals surface area contributed by atoms with Crippen molar-refractivity contribution in [3.05, 3.63) is 35.2 Å². The molecule has 5 heteroatoms. The number of hydrogen-bond donors (Lipinski definition) is 2. The molecule has 0 unspecified atom stereocenters. The van der Waals surface area contributed by atoms with Gasteiger partial charge < -0.3 is 11.1 Å². The summed E-state index contributed by atoms with van der Waals surface area (Å²) >= 11 is 1.41. The molecule has 0 saturated heterocycles. The van der Waals surface area contributed by atoms with Crippen LogP contribution in [0.4, 0.5) is 5.13 Å². The maximum absolute atomic E-state index is 12.1. The highest BCUT2D eigenvalue weighted by Crippen LogP contribution is 2.27. The van der Waals surface area contributed by atoms with Gasteiger partial charge in [0.15, 0.2) is 5.13 Å². The molecule has 0 saturated carbocycles. The number of nitrogens with zero attached hydrogens (tertiary/aromatic N) is 1. The van der Waals surface area contributed by atoms with E-state index in [2.05, 4.69) is 10.3 Å². The lowest BCUT2D eigenvalue weighted by Crippen LogP contribution is -2.45. The smallest absolute Gasteiger partial charge is 0.243 e. The van der Waals surface area contributed by atoms with Crippen molar-refractivity contribution in [2.75, 3.05) is 5.32 Å². The van der Waals surface area contributed by atoms with E-state index in [1.54, 1.807) is 0 Å². The maximum atomic E-state index is 12.1. The Kier molecular flexibility index (Phi) is 4.44. The fourth-order valence-corrected chi connectivity index (χ4v) is 2.61. The van der Waals surface area contributed by atoms with Crippen LogP contribution in [0.15, 0.2) is 29.6 Å². The third-order valence-electron chi connectivity index (χ3n) is 3.37. The van der Waals surface area contributed by atoms with Gasteiger partial charge in [-0.25, -0.2) is 4.98 Å². The molecular formula is C16H21N3OS. The molecule has 2 rings (SSSR count). The Balaban J connectivity index is 2.15. The van der Waals surface area contributed by atoms with E-state index < -0.39 is 6.04 Å². The topological polar surface area (TPSA) is 68.0 Å². The number of aryl methyl sites for hydroxylation is 1. The van der Waals surface area contributed by atoms with Gasteiger partial charge in [-0.15, -0.1) is 11.3 Å². The Morgan fingerprint density at radius 3 is 2.62 bits per heavy atom. The molecule has 1 aromatic carbocycles. The van der Waals surface area contributed by atoms with Gasteiger partial charge in [-0.2, -0.15) is 0 Å². The van der Waals surface area contributed by atoms with E-state index in [4.69, 9.17) is 5.73 Å². The van der Waals surface area contributed by atoms with Crippen LogP contribution in [0.2, 0.25) is 0 Å². The van der Waals surface area contributed by atoms with Crippen LogP contribution in [-0.2, 0) is 4.79 Å². The highest BCUT2D eigenvalue weighted by Gasteiger charge is 2.28. The summed E-state index contributed by atoms with van der Waals surface area (Å²) in [6, 6.07) is 7.48. The third kappa shape index (κ3) is 3.68.